The van der Waals surface area contributed by atoms with Crippen LogP contribution < -0.4 is 10.6 Å². The highest BCUT2D eigenvalue weighted by Crippen LogP contribution is 2.21. The first-order valence-electron chi connectivity index (χ1n) is 7.56. The number of carbonyl (C=O) groups is 1. The number of hydrogen-bond acceptors (Lipinski definition) is 4. The Morgan fingerprint density at radius 3 is 2.88 bits per heavy atom. The fourth-order valence-corrected chi connectivity index (χ4v) is 2.34. The number of terminal acetylenes is 1. The number of pyridine rings is 2. The van der Waals surface area contributed by atoms with Gasteiger partial charge in [0.15, 0.2) is 0 Å². The molecule has 3 aromatic rings. The number of benzene rings is 1. The van der Waals surface area contributed by atoms with Gasteiger partial charge in [-0.2, -0.15) is 0 Å². The molecule has 0 bridgehead atoms. The van der Waals surface area contributed by atoms with Crippen LogP contribution in [-0.4, -0.2) is 22.4 Å². The molecule has 0 fully saturated rings. The third-order valence-electron chi connectivity index (χ3n) is 3.47. The molecule has 0 unspecified atom stereocenters. The molecule has 0 saturated heterocycles. The fourth-order valence-electron chi connectivity index (χ4n) is 2.34. The molecule has 1 aromatic carbocycles. The summed E-state index contributed by atoms with van der Waals surface area (Å²) in [6.45, 7) is 0.648. The van der Waals surface area contributed by atoms with Gasteiger partial charge in [0.05, 0.1) is 11.2 Å². The monoisotopic (exact) mass is 316 g/mol. The van der Waals surface area contributed by atoms with Crippen molar-refractivity contribution < 1.29 is 4.79 Å². The lowest BCUT2D eigenvalue weighted by Crippen LogP contribution is -2.14. The summed E-state index contributed by atoms with van der Waals surface area (Å²) < 4.78 is 0. The zero-order valence-corrected chi connectivity index (χ0v) is 13.0. The van der Waals surface area contributed by atoms with Crippen molar-refractivity contribution in [1.82, 2.24) is 9.97 Å². The van der Waals surface area contributed by atoms with Gasteiger partial charge < -0.3 is 10.6 Å². The van der Waals surface area contributed by atoms with E-state index in [4.69, 9.17) is 6.42 Å². The van der Waals surface area contributed by atoms with Crippen molar-refractivity contribution in [3.8, 4) is 12.3 Å². The molecular weight excluding hydrogens is 300 g/mol. The summed E-state index contributed by atoms with van der Waals surface area (Å²) in [6.07, 6.45) is 9.14. The number of nitrogens with zero attached hydrogens (tertiary/aromatic N) is 2. The summed E-state index contributed by atoms with van der Waals surface area (Å²) in [7, 11) is 0. The van der Waals surface area contributed by atoms with Gasteiger partial charge in [0, 0.05) is 36.4 Å². The van der Waals surface area contributed by atoms with E-state index in [0.717, 1.165) is 16.6 Å². The summed E-state index contributed by atoms with van der Waals surface area (Å²) in [4.78, 5) is 20.9. The number of amides is 1. The highest BCUT2D eigenvalue weighted by Gasteiger charge is 2.10. The molecule has 0 atom stereocenters. The molecule has 0 spiro atoms. The molecule has 1 amide bonds. The Balaban J connectivity index is 1.79. The number of aromatic nitrogens is 2. The SMILES string of the molecule is C#CCCNc1ccnc(C(=O)Nc2cccc3cccnc23)c1. The quantitative estimate of drug-likeness (QED) is 0.560. The number of fused-ring (bicyclic) bond motifs is 1. The number of carbonyl (C=O) groups excluding carboxylic acids is 1. The summed E-state index contributed by atoms with van der Waals surface area (Å²) >= 11 is 0. The largest absolute Gasteiger partial charge is 0.384 e. The Kier molecular flexibility index (Phi) is 4.68. The van der Waals surface area contributed by atoms with Crippen molar-refractivity contribution in [3.05, 3.63) is 60.6 Å². The van der Waals surface area contributed by atoms with Gasteiger partial charge in [-0.15, -0.1) is 12.3 Å². The second kappa shape index (κ2) is 7.25. The van der Waals surface area contributed by atoms with E-state index in [-0.39, 0.29) is 5.91 Å². The molecule has 5 heteroatoms. The molecule has 0 aliphatic heterocycles. The van der Waals surface area contributed by atoms with Crippen LogP contribution in [-0.2, 0) is 0 Å². The molecule has 0 radical (unpaired) electrons. The Morgan fingerprint density at radius 1 is 1.12 bits per heavy atom. The van der Waals surface area contributed by atoms with Gasteiger partial charge in [0.2, 0.25) is 0 Å². The van der Waals surface area contributed by atoms with Crippen molar-refractivity contribution in [2.75, 3.05) is 17.2 Å². The predicted octanol–water partition coefficient (Wildman–Crippen LogP) is 3.32. The summed E-state index contributed by atoms with van der Waals surface area (Å²) in [5, 5.41) is 7.00. The van der Waals surface area contributed by atoms with Gasteiger partial charge in [0.1, 0.15) is 5.69 Å². The minimum Gasteiger partial charge on any atom is -0.384 e. The van der Waals surface area contributed by atoms with Gasteiger partial charge in [-0.1, -0.05) is 18.2 Å². The second-order valence-corrected chi connectivity index (χ2v) is 5.15. The van der Waals surface area contributed by atoms with E-state index in [1.165, 1.54) is 0 Å². The van der Waals surface area contributed by atoms with Crippen molar-refractivity contribution in [2.24, 2.45) is 0 Å². The number of para-hydroxylation sites is 1. The highest BCUT2D eigenvalue weighted by atomic mass is 16.1. The zero-order chi connectivity index (χ0) is 16.8. The molecule has 3 rings (SSSR count). The summed E-state index contributed by atoms with van der Waals surface area (Å²) in [5.41, 5.74) is 2.54. The minimum absolute atomic E-state index is 0.284. The summed E-state index contributed by atoms with van der Waals surface area (Å²) in [6, 6.07) is 13.0. The van der Waals surface area contributed by atoms with Crippen LogP contribution in [0.5, 0.6) is 0 Å². The lowest BCUT2D eigenvalue weighted by molar-refractivity contribution is 0.102. The number of rotatable bonds is 5. The maximum atomic E-state index is 12.5. The first kappa shape index (κ1) is 15.5. The van der Waals surface area contributed by atoms with E-state index in [1.54, 1.807) is 24.5 Å². The van der Waals surface area contributed by atoms with Crippen molar-refractivity contribution >= 4 is 28.2 Å². The van der Waals surface area contributed by atoms with Crippen molar-refractivity contribution in [2.45, 2.75) is 6.42 Å². The van der Waals surface area contributed by atoms with Crippen molar-refractivity contribution in [3.63, 3.8) is 0 Å². The van der Waals surface area contributed by atoms with E-state index < -0.39 is 0 Å². The average Bonchev–Trinajstić information content (AvgIpc) is 2.62. The third kappa shape index (κ3) is 3.50. The molecule has 24 heavy (non-hydrogen) atoms. The van der Waals surface area contributed by atoms with E-state index in [1.807, 2.05) is 30.3 Å². The lowest BCUT2D eigenvalue weighted by atomic mass is 10.2. The maximum Gasteiger partial charge on any atom is 0.274 e. The van der Waals surface area contributed by atoms with Gasteiger partial charge in [-0.3, -0.25) is 14.8 Å². The van der Waals surface area contributed by atoms with Crippen LogP contribution in [0.15, 0.2) is 54.9 Å². The number of anilines is 2. The molecule has 0 aliphatic rings. The molecule has 2 N–H and O–H groups in total. The first-order chi connectivity index (χ1) is 11.8. The molecule has 118 valence electrons. The van der Waals surface area contributed by atoms with Crippen LogP contribution in [0.2, 0.25) is 0 Å². The maximum absolute atomic E-state index is 12.5. The minimum atomic E-state index is -0.284. The van der Waals surface area contributed by atoms with Gasteiger partial charge in [-0.05, 0) is 24.3 Å². The van der Waals surface area contributed by atoms with Crippen molar-refractivity contribution in [1.29, 1.82) is 0 Å². The lowest BCUT2D eigenvalue weighted by Gasteiger charge is -2.09. The van der Waals surface area contributed by atoms with Crippen LogP contribution in [0.4, 0.5) is 11.4 Å². The predicted molar refractivity (Wildman–Crippen MR) is 95.9 cm³/mol. The molecule has 5 nitrogen and oxygen atoms in total. The normalized spacial score (nSPS) is 10.1. The molecule has 0 aliphatic carbocycles. The number of nitrogens with one attached hydrogen (secondary N) is 2. The Hall–Kier alpha value is -3.39. The first-order valence-corrected chi connectivity index (χ1v) is 7.56. The molecular formula is C19H16N4O. The topological polar surface area (TPSA) is 66.9 Å². The Morgan fingerprint density at radius 2 is 2.00 bits per heavy atom. The van der Waals surface area contributed by atoms with E-state index in [0.29, 0.717) is 24.3 Å². The number of hydrogen-bond donors (Lipinski definition) is 2. The zero-order valence-electron chi connectivity index (χ0n) is 13.0. The Bertz CT molecular complexity index is 909. The standard InChI is InChI=1S/C19H16N4O/c1-2-3-10-20-15-9-12-21-17(13-15)19(24)23-16-8-4-6-14-7-5-11-22-18(14)16/h1,4-9,11-13H,3,10H2,(H,20,21)(H,23,24). The van der Waals surface area contributed by atoms with Crippen LogP contribution in [0.25, 0.3) is 10.9 Å². The summed E-state index contributed by atoms with van der Waals surface area (Å²) in [5.74, 6) is 2.28. The van der Waals surface area contributed by atoms with Gasteiger partial charge in [-0.25, -0.2) is 0 Å². The van der Waals surface area contributed by atoms with E-state index in [2.05, 4.69) is 26.5 Å². The van der Waals surface area contributed by atoms with Crippen LogP contribution in [0.3, 0.4) is 0 Å². The molecule has 2 aromatic heterocycles. The molecule has 2 heterocycles. The van der Waals surface area contributed by atoms with Crippen LogP contribution in [0.1, 0.15) is 16.9 Å². The van der Waals surface area contributed by atoms with E-state index in [9.17, 15) is 4.79 Å². The van der Waals surface area contributed by atoms with Crippen LogP contribution in [0, 0.1) is 12.3 Å². The average molecular weight is 316 g/mol. The highest BCUT2D eigenvalue weighted by molar-refractivity contribution is 6.07. The van der Waals surface area contributed by atoms with Crippen LogP contribution >= 0.6 is 0 Å². The van der Waals surface area contributed by atoms with E-state index >= 15 is 0 Å². The molecule has 0 saturated carbocycles. The second-order valence-electron chi connectivity index (χ2n) is 5.15. The fraction of sp³-hybridized carbons (Fsp3) is 0.105. The van der Waals surface area contributed by atoms with Gasteiger partial charge >= 0.3 is 0 Å². The van der Waals surface area contributed by atoms with Gasteiger partial charge in [0.25, 0.3) is 5.91 Å². The Labute approximate surface area is 140 Å². The third-order valence-corrected chi connectivity index (χ3v) is 3.47. The smallest absolute Gasteiger partial charge is 0.274 e.